The van der Waals surface area contributed by atoms with E-state index in [0.717, 1.165) is 5.69 Å². The number of hydrogen-bond donors (Lipinski definition) is 2. The molecule has 0 atom stereocenters. The standard InChI is InChI=1S/C12H17N5O2/c1-18-8-7-14-12-15-11(13)17(16-12)9-5-3-4-6-10(9)19-2/h3-6H,7-8H2,1-2H3,(H3,13,14,15,16). The number of ether oxygens (including phenoxy) is 2. The normalized spacial score (nSPS) is 10.4. The molecule has 3 N–H and O–H groups in total. The van der Waals surface area contributed by atoms with Crippen molar-refractivity contribution in [2.75, 3.05) is 38.4 Å². The number of hydrogen-bond acceptors (Lipinski definition) is 6. The lowest BCUT2D eigenvalue weighted by atomic mass is 10.3. The van der Waals surface area contributed by atoms with Crippen molar-refractivity contribution in [3.05, 3.63) is 24.3 Å². The minimum atomic E-state index is 0.296. The first-order valence-electron chi connectivity index (χ1n) is 5.85. The maximum absolute atomic E-state index is 5.86. The molecular formula is C12H17N5O2. The molecule has 19 heavy (non-hydrogen) atoms. The van der Waals surface area contributed by atoms with E-state index in [9.17, 15) is 0 Å². The molecule has 7 heteroatoms. The molecule has 0 radical (unpaired) electrons. The number of nitrogen functional groups attached to an aromatic ring is 1. The molecule has 0 saturated carbocycles. The molecule has 0 aliphatic rings. The number of rotatable bonds is 6. The van der Waals surface area contributed by atoms with Crippen molar-refractivity contribution >= 4 is 11.9 Å². The smallest absolute Gasteiger partial charge is 0.244 e. The predicted octanol–water partition coefficient (Wildman–Crippen LogP) is 0.916. The fraction of sp³-hybridized carbons (Fsp3) is 0.333. The highest BCUT2D eigenvalue weighted by atomic mass is 16.5. The lowest BCUT2D eigenvalue weighted by molar-refractivity contribution is 0.210. The first-order chi connectivity index (χ1) is 9.26. The van der Waals surface area contributed by atoms with E-state index in [0.29, 0.717) is 30.8 Å². The lowest BCUT2D eigenvalue weighted by Gasteiger charge is -2.07. The first-order valence-corrected chi connectivity index (χ1v) is 5.85. The van der Waals surface area contributed by atoms with Gasteiger partial charge in [0.1, 0.15) is 11.4 Å². The number of anilines is 2. The second-order valence-electron chi connectivity index (χ2n) is 3.80. The summed E-state index contributed by atoms with van der Waals surface area (Å²) >= 11 is 0. The van der Waals surface area contributed by atoms with Gasteiger partial charge in [-0.25, -0.2) is 0 Å². The average molecular weight is 263 g/mol. The van der Waals surface area contributed by atoms with Crippen molar-refractivity contribution in [3.8, 4) is 11.4 Å². The first kappa shape index (κ1) is 13.2. The summed E-state index contributed by atoms with van der Waals surface area (Å²) in [6.45, 7) is 1.19. The molecule has 1 aromatic heterocycles. The van der Waals surface area contributed by atoms with Crippen LogP contribution in [0, 0.1) is 0 Å². The number of nitrogens with one attached hydrogen (secondary N) is 1. The molecule has 0 aliphatic carbocycles. The van der Waals surface area contributed by atoms with Crippen LogP contribution in [0.25, 0.3) is 5.69 Å². The van der Waals surface area contributed by atoms with E-state index in [-0.39, 0.29) is 0 Å². The van der Waals surface area contributed by atoms with Gasteiger partial charge in [0.25, 0.3) is 0 Å². The Hall–Kier alpha value is -2.28. The van der Waals surface area contributed by atoms with Gasteiger partial charge in [-0.05, 0) is 12.1 Å². The molecule has 0 aliphatic heterocycles. The Morgan fingerprint density at radius 3 is 2.84 bits per heavy atom. The fourth-order valence-electron chi connectivity index (χ4n) is 1.65. The molecule has 2 aromatic rings. The Labute approximate surface area is 111 Å². The average Bonchev–Trinajstić information content (AvgIpc) is 2.80. The van der Waals surface area contributed by atoms with Gasteiger partial charge in [-0.2, -0.15) is 9.67 Å². The van der Waals surface area contributed by atoms with Crippen LogP contribution in [0.4, 0.5) is 11.9 Å². The minimum Gasteiger partial charge on any atom is -0.494 e. The Bertz CT molecular complexity index is 541. The third-order valence-electron chi connectivity index (χ3n) is 2.53. The van der Waals surface area contributed by atoms with E-state index < -0.39 is 0 Å². The summed E-state index contributed by atoms with van der Waals surface area (Å²) in [5.74, 6) is 1.44. The van der Waals surface area contributed by atoms with E-state index in [1.165, 1.54) is 4.68 Å². The second-order valence-corrected chi connectivity index (χ2v) is 3.80. The SMILES string of the molecule is COCCNc1nc(N)n(-c2ccccc2OC)n1. The molecule has 0 saturated heterocycles. The summed E-state index contributed by atoms with van der Waals surface area (Å²) in [5.41, 5.74) is 6.61. The van der Waals surface area contributed by atoms with Gasteiger partial charge >= 0.3 is 0 Å². The summed E-state index contributed by atoms with van der Waals surface area (Å²) in [6.07, 6.45) is 0. The molecule has 0 bridgehead atoms. The molecule has 0 amide bonds. The third kappa shape index (κ3) is 2.94. The highest BCUT2D eigenvalue weighted by molar-refractivity contribution is 5.50. The Balaban J connectivity index is 2.25. The van der Waals surface area contributed by atoms with Gasteiger partial charge < -0.3 is 20.5 Å². The van der Waals surface area contributed by atoms with Gasteiger partial charge in [0.05, 0.1) is 13.7 Å². The molecule has 7 nitrogen and oxygen atoms in total. The van der Waals surface area contributed by atoms with Crippen LogP contribution in [-0.2, 0) is 4.74 Å². The summed E-state index contributed by atoms with van der Waals surface area (Å²) in [5, 5.41) is 7.32. The van der Waals surface area contributed by atoms with Crippen molar-refractivity contribution in [1.29, 1.82) is 0 Å². The van der Waals surface area contributed by atoms with E-state index in [4.69, 9.17) is 15.2 Å². The van der Waals surface area contributed by atoms with Crippen LogP contribution in [0.2, 0.25) is 0 Å². The monoisotopic (exact) mass is 263 g/mol. The molecule has 0 fully saturated rings. The topological polar surface area (TPSA) is 87.2 Å². The summed E-state index contributed by atoms with van der Waals surface area (Å²) in [7, 11) is 3.24. The fourth-order valence-corrected chi connectivity index (χ4v) is 1.65. The molecule has 1 aromatic carbocycles. The van der Waals surface area contributed by atoms with Crippen molar-refractivity contribution in [2.24, 2.45) is 0 Å². The van der Waals surface area contributed by atoms with Crippen molar-refractivity contribution in [2.45, 2.75) is 0 Å². The van der Waals surface area contributed by atoms with Gasteiger partial charge in [-0.1, -0.05) is 12.1 Å². The van der Waals surface area contributed by atoms with Gasteiger partial charge in [-0.3, -0.25) is 0 Å². The molecule has 1 heterocycles. The van der Waals surface area contributed by atoms with Crippen LogP contribution in [0.5, 0.6) is 5.75 Å². The highest BCUT2D eigenvalue weighted by Gasteiger charge is 2.11. The van der Waals surface area contributed by atoms with Crippen LogP contribution in [-0.4, -0.2) is 42.1 Å². The van der Waals surface area contributed by atoms with Crippen molar-refractivity contribution in [3.63, 3.8) is 0 Å². The molecule has 2 rings (SSSR count). The van der Waals surface area contributed by atoms with E-state index in [2.05, 4.69) is 15.4 Å². The maximum atomic E-state index is 5.86. The third-order valence-corrected chi connectivity index (χ3v) is 2.53. The zero-order chi connectivity index (χ0) is 13.7. The summed E-state index contributed by atoms with van der Waals surface area (Å²) < 4.78 is 11.8. The number of nitrogens with zero attached hydrogens (tertiary/aromatic N) is 3. The summed E-state index contributed by atoms with van der Waals surface area (Å²) in [4.78, 5) is 4.14. The van der Waals surface area contributed by atoms with Crippen LogP contribution in [0.1, 0.15) is 0 Å². The van der Waals surface area contributed by atoms with Gasteiger partial charge in [0.15, 0.2) is 0 Å². The van der Waals surface area contributed by atoms with E-state index >= 15 is 0 Å². The zero-order valence-corrected chi connectivity index (χ0v) is 11.0. The quantitative estimate of drug-likeness (QED) is 0.753. The number of aromatic nitrogens is 3. The highest BCUT2D eigenvalue weighted by Crippen LogP contribution is 2.23. The number of benzene rings is 1. The zero-order valence-electron chi connectivity index (χ0n) is 11.0. The van der Waals surface area contributed by atoms with E-state index in [1.54, 1.807) is 14.2 Å². The van der Waals surface area contributed by atoms with Gasteiger partial charge in [-0.15, -0.1) is 5.10 Å². The molecular weight excluding hydrogens is 246 g/mol. The maximum Gasteiger partial charge on any atom is 0.244 e. The number of para-hydroxylation sites is 2. The number of methoxy groups -OCH3 is 2. The lowest BCUT2D eigenvalue weighted by Crippen LogP contribution is -2.09. The molecule has 0 spiro atoms. The van der Waals surface area contributed by atoms with Crippen LogP contribution in [0.15, 0.2) is 24.3 Å². The number of nitrogens with two attached hydrogens (primary N) is 1. The van der Waals surface area contributed by atoms with Crippen LogP contribution in [0.3, 0.4) is 0 Å². The van der Waals surface area contributed by atoms with Gasteiger partial charge in [0.2, 0.25) is 11.9 Å². The van der Waals surface area contributed by atoms with Crippen molar-refractivity contribution in [1.82, 2.24) is 14.8 Å². The Morgan fingerprint density at radius 2 is 2.11 bits per heavy atom. The van der Waals surface area contributed by atoms with Crippen molar-refractivity contribution < 1.29 is 9.47 Å². The molecule has 0 unspecified atom stereocenters. The van der Waals surface area contributed by atoms with Crippen LogP contribution >= 0.6 is 0 Å². The largest absolute Gasteiger partial charge is 0.494 e. The van der Waals surface area contributed by atoms with Crippen LogP contribution < -0.4 is 15.8 Å². The Morgan fingerprint density at radius 1 is 1.32 bits per heavy atom. The summed E-state index contributed by atoms with van der Waals surface area (Å²) in [6, 6.07) is 7.47. The van der Waals surface area contributed by atoms with E-state index in [1.807, 2.05) is 24.3 Å². The minimum absolute atomic E-state index is 0.296. The predicted molar refractivity (Wildman–Crippen MR) is 72.7 cm³/mol. The second kappa shape index (κ2) is 6.05. The molecule has 102 valence electrons. The Kier molecular flexibility index (Phi) is 4.19. The van der Waals surface area contributed by atoms with Gasteiger partial charge in [0, 0.05) is 13.7 Å².